The van der Waals surface area contributed by atoms with Gasteiger partial charge in [-0.2, -0.15) is 0 Å². The Morgan fingerprint density at radius 1 is 0.879 bits per heavy atom. The molecule has 4 saturated carbocycles. The summed E-state index contributed by atoms with van der Waals surface area (Å²) in [7, 11) is 4.30. The SMILES string of the molecule is CC(C)C1=C2C3CCC4C5(C)CCC(OC(=O)CC(C)(C)C(=O)OC(C)(C)C)C(C)C5CC[C@@]4(C)C3CCC2(CCN(CCN(C)C)Cc2ccc(Cl)cc2)CC1=O. The van der Waals surface area contributed by atoms with Gasteiger partial charge >= 0.3 is 11.9 Å². The molecule has 1 aromatic rings. The molecule has 0 aliphatic heterocycles. The van der Waals surface area contributed by atoms with Crippen LogP contribution in [0.25, 0.3) is 0 Å². The Bertz CT molecular complexity index is 1710. The van der Waals surface area contributed by atoms with Crippen molar-refractivity contribution in [2.75, 3.05) is 33.7 Å². The second-order valence-corrected chi connectivity index (χ2v) is 22.8. The van der Waals surface area contributed by atoms with Gasteiger partial charge in [0.2, 0.25) is 0 Å². The van der Waals surface area contributed by atoms with E-state index in [9.17, 15) is 14.4 Å². The van der Waals surface area contributed by atoms with Gasteiger partial charge in [0.25, 0.3) is 0 Å². The summed E-state index contributed by atoms with van der Waals surface area (Å²) in [4.78, 5) is 45.4. The number of carbonyl (C=O) groups is 3. The average Bonchev–Trinajstić information content (AvgIpc) is 3.43. The molecule has 0 spiro atoms. The molecule has 4 fully saturated rings. The molecule has 0 aromatic heterocycles. The normalized spacial score (nSPS) is 33.8. The molecule has 5 aliphatic rings. The largest absolute Gasteiger partial charge is 0.462 e. The van der Waals surface area contributed by atoms with Crippen LogP contribution >= 0.6 is 11.6 Å². The van der Waals surface area contributed by atoms with Crippen LogP contribution in [0.15, 0.2) is 35.4 Å². The molecule has 5 aliphatic carbocycles. The van der Waals surface area contributed by atoms with E-state index in [0.29, 0.717) is 35.9 Å². The Labute approximate surface area is 356 Å². The lowest BCUT2D eigenvalue weighted by atomic mass is 9.38. The third-order valence-electron chi connectivity index (χ3n) is 16.2. The van der Waals surface area contributed by atoms with Gasteiger partial charge in [-0.15, -0.1) is 0 Å². The molecule has 0 amide bonds. The van der Waals surface area contributed by atoms with E-state index >= 15 is 0 Å². The number of fused-ring (bicyclic) bond motifs is 7. The van der Waals surface area contributed by atoms with E-state index in [-0.39, 0.29) is 52.5 Å². The topological polar surface area (TPSA) is 76.2 Å². The van der Waals surface area contributed by atoms with Crippen molar-refractivity contribution in [3.8, 4) is 0 Å². The van der Waals surface area contributed by atoms with Gasteiger partial charge in [0, 0.05) is 36.5 Å². The molecular formula is C50H77ClN2O5. The molecule has 8 heteroatoms. The van der Waals surface area contributed by atoms with Crippen molar-refractivity contribution < 1.29 is 23.9 Å². The van der Waals surface area contributed by atoms with E-state index in [1.807, 2.05) is 32.9 Å². The summed E-state index contributed by atoms with van der Waals surface area (Å²) in [6.45, 7) is 25.0. The third-order valence-corrected chi connectivity index (χ3v) is 16.4. The van der Waals surface area contributed by atoms with Gasteiger partial charge in [-0.05, 0) is 183 Å². The maximum atomic E-state index is 14.2. The van der Waals surface area contributed by atoms with Crippen molar-refractivity contribution in [3.63, 3.8) is 0 Å². The van der Waals surface area contributed by atoms with Crippen LogP contribution in [0, 0.1) is 57.2 Å². The van der Waals surface area contributed by atoms with Crippen molar-refractivity contribution in [3.05, 3.63) is 46.0 Å². The summed E-state index contributed by atoms with van der Waals surface area (Å²) in [6.07, 6.45) is 10.6. The van der Waals surface area contributed by atoms with Crippen LogP contribution in [0.4, 0.5) is 0 Å². The molecule has 8 unspecified atom stereocenters. The standard InChI is InChI=1S/C50H77ClN2O5/c1-32(2)43-39(54)29-50(25-26-53(28-27-52(11)12)31-34-13-15-35(51)16-14-34)24-20-38-36(44(43)50)17-18-41-48(9)23-21-40(33(3)37(48)19-22-49(38,41)10)57-42(55)30-47(7,8)45(56)58-46(4,5)6/h13-16,32-33,36-38,40-41H,17-31H2,1-12H3/t33?,36?,37?,38?,40?,41?,48?,49-,50?/m0/s1. The minimum Gasteiger partial charge on any atom is -0.462 e. The highest BCUT2D eigenvalue weighted by molar-refractivity contribution is 6.30. The van der Waals surface area contributed by atoms with Gasteiger partial charge in [0.05, 0.1) is 11.8 Å². The first-order valence-corrected chi connectivity index (χ1v) is 23.2. The Balaban J connectivity index is 1.18. The fraction of sp³-hybridized carbons (Fsp3) is 0.780. The lowest BCUT2D eigenvalue weighted by molar-refractivity contribution is -0.192. The maximum absolute atomic E-state index is 14.2. The highest BCUT2D eigenvalue weighted by Crippen LogP contribution is 2.72. The number of Topliss-reactive ketones (excluding diaryl/α,β-unsaturated/α-hetero) is 1. The number of ketones is 1. The van der Waals surface area contributed by atoms with E-state index in [0.717, 1.165) is 63.3 Å². The summed E-state index contributed by atoms with van der Waals surface area (Å²) in [6, 6.07) is 8.30. The highest BCUT2D eigenvalue weighted by atomic mass is 35.5. The predicted molar refractivity (Wildman–Crippen MR) is 234 cm³/mol. The van der Waals surface area contributed by atoms with Crippen molar-refractivity contribution in [2.24, 2.45) is 57.2 Å². The Hall–Kier alpha value is -2.22. The van der Waals surface area contributed by atoms with Crippen molar-refractivity contribution >= 4 is 29.3 Å². The summed E-state index contributed by atoms with van der Waals surface area (Å²) in [5, 5.41) is 0.770. The molecule has 0 bridgehead atoms. The Kier molecular flexibility index (Phi) is 13.2. The number of benzene rings is 1. The summed E-state index contributed by atoms with van der Waals surface area (Å²) in [5.74, 6) is 2.44. The average molecular weight is 822 g/mol. The minimum atomic E-state index is -0.947. The van der Waals surface area contributed by atoms with Gasteiger partial charge < -0.3 is 14.4 Å². The minimum absolute atomic E-state index is 0.0194. The molecule has 6 rings (SSSR count). The van der Waals surface area contributed by atoms with E-state index in [1.54, 1.807) is 19.4 Å². The van der Waals surface area contributed by atoms with Crippen LogP contribution in [0.5, 0.6) is 0 Å². The molecule has 9 atom stereocenters. The van der Waals surface area contributed by atoms with Crippen molar-refractivity contribution in [2.45, 2.75) is 158 Å². The second kappa shape index (κ2) is 16.9. The molecule has 7 nitrogen and oxygen atoms in total. The number of likely N-dealkylation sites (N-methyl/N-ethyl adjacent to an activating group) is 1. The van der Waals surface area contributed by atoms with Gasteiger partial charge in [0.15, 0.2) is 5.78 Å². The van der Waals surface area contributed by atoms with Crippen LogP contribution < -0.4 is 0 Å². The van der Waals surface area contributed by atoms with E-state index < -0.39 is 11.0 Å². The fourth-order valence-electron chi connectivity index (χ4n) is 13.4. The molecule has 0 radical (unpaired) electrons. The first-order chi connectivity index (χ1) is 27.0. The monoisotopic (exact) mass is 821 g/mol. The summed E-state index contributed by atoms with van der Waals surface area (Å²) >= 11 is 6.26. The number of halogens is 1. The number of carbonyl (C=O) groups excluding carboxylic acids is 3. The predicted octanol–water partition coefficient (Wildman–Crippen LogP) is 11.0. The third kappa shape index (κ3) is 9.03. The number of hydrogen-bond acceptors (Lipinski definition) is 7. The second-order valence-electron chi connectivity index (χ2n) is 22.3. The van der Waals surface area contributed by atoms with E-state index in [4.69, 9.17) is 21.1 Å². The van der Waals surface area contributed by atoms with Crippen molar-refractivity contribution in [1.82, 2.24) is 9.80 Å². The number of ether oxygens (including phenoxy) is 2. The van der Waals surface area contributed by atoms with Gasteiger partial charge in [-0.3, -0.25) is 19.3 Å². The first kappa shape index (κ1) is 45.3. The zero-order valence-corrected chi connectivity index (χ0v) is 39.0. The van der Waals surface area contributed by atoms with Crippen molar-refractivity contribution in [1.29, 1.82) is 0 Å². The van der Waals surface area contributed by atoms with E-state index in [1.165, 1.54) is 36.8 Å². The lowest BCUT2D eigenvalue weighted by Crippen LogP contribution is -2.60. The molecule has 0 heterocycles. The molecule has 1 aromatic carbocycles. The molecule has 0 N–H and O–H groups in total. The number of nitrogens with zero attached hydrogens (tertiary/aromatic N) is 2. The van der Waals surface area contributed by atoms with Gasteiger partial charge in [-0.1, -0.05) is 63.9 Å². The smallest absolute Gasteiger partial charge is 0.312 e. The molecule has 58 heavy (non-hydrogen) atoms. The van der Waals surface area contributed by atoms with Gasteiger partial charge in [-0.25, -0.2) is 0 Å². The van der Waals surface area contributed by atoms with Crippen LogP contribution in [0.1, 0.15) is 145 Å². The first-order valence-electron chi connectivity index (χ1n) is 22.8. The summed E-state index contributed by atoms with van der Waals surface area (Å²) < 4.78 is 11.9. The lowest BCUT2D eigenvalue weighted by Gasteiger charge is -2.67. The van der Waals surface area contributed by atoms with Gasteiger partial charge in [0.1, 0.15) is 11.7 Å². The number of allylic oxidation sites excluding steroid dienone is 2. The highest BCUT2D eigenvalue weighted by Gasteiger charge is 2.65. The zero-order valence-electron chi connectivity index (χ0n) is 38.3. The van der Waals surface area contributed by atoms with Crippen LogP contribution in [-0.2, 0) is 30.4 Å². The molecule has 0 saturated heterocycles. The van der Waals surface area contributed by atoms with Crippen LogP contribution in [0.2, 0.25) is 5.02 Å². The van der Waals surface area contributed by atoms with Crippen LogP contribution in [0.3, 0.4) is 0 Å². The number of esters is 2. The molecule has 324 valence electrons. The Morgan fingerprint density at radius 2 is 1.52 bits per heavy atom. The fourth-order valence-corrected chi connectivity index (χ4v) is 13.5. The zero-order chi connectivity index (χ0) is 42.6. The number of hydrogen-bond donors (Lipinski definition) is 0. The quantitative estimate of drug-likeness (QED) is 0.183. The maximum Gasteiger partial charge on any atom is 0.312 e. The molecular weight excluding hydrogens is 744 g/mol. The summed E-state index contributed by atoms with van der Waals surface area (Å²) in [5.41, 5.74) is 2.85. The Morgan fingerprint density at radius 3 is 2.16 bits per heavy atom. The van der Waals surface area contributed by atoms with E-state index in [2.05, 4.69) is 70.6 Å². The van der Waals surface area contributed by atoms with Crippen LogP contribution in [-0.4, -0.2) is 73.0 Å². The number of rotatable bonds is 13.